The van der Waals surface area contributed by atoms with Crippen molar-refractivity contribution >= 4 is 23.0 Å². The highest BCUT2D eigenvalue weighted by molar-refractivity contribution is 6.03. The molecule has 0 saturated heterocycles. The molecule has 0 aliphatic heterocycles. The first kappa shape index (κ1) is 12.6. The van der Waals surface area contributed by atoms with Crippen LogP contribution in [0.5, 0.6) is 0 Å². The third-order valence-corrected chi connectivity index (χ3v) is 2.38. The summed E-state index contributed by atoms with van der Waals surface area (Å²) in [5, 5.41) is 12.9. The number of rotatable bonds is 3. The maximum atomic E-state index is 12.9. The van der Waals surface area contributed by atoms with Gasteiger partial charge in [-0.2, -0.15) is 0 Å². The molecule has 0 atom stereocenters. The monoisotopic (exact) mass is 264 g/mol. The van der Waals surface area contributed by atoms with Gasteiger partial charge in [-0.3, -0.25) is 14.9 Å². The van der Waals surface area contributed by atoms with Crippen LogP contribution in [-0.2, 0) is 0 Å². The number of aromatic nitrogens is 1. The molecule has 0 aliphatic rings. The molecule has 0 radical (unpaired) electrons. The van der Waals surface area contributed by atoms with Gasteiger partial charge in [-0.15, -0.1) is 0 Å². The van der Waals surface area contributed by atoms with Crippen molar-refractivity contribution in [3.63, 3.8) is 0 Å². The molecular weight excluding hydrogens is 255 g/mol. The number of anilines is 2. The number of amides is 1. The van der Waals surface area contributed by atoms with Crippen LogP contribution in [-0.4, -0.2) is 15.8 Å². The number of halogens is 1. The maximum Gasteiger partial charge on any atom is 0.287 e. The number of carbonyl (C=O) groups excluding carboxylic acids is 1. The van der Waals surface area contributed by atoms with Crippen molar-refractivity contribution in [3.05, 3.63) is 52.1 Å². The molecular formula is C11H9FN4O3. The molecule has 98 valence electrons. The van der Waals surface area contributed by atoms with E-state index in [4.69, 9.17) is 5.73 Å². The van der Waals surface area contributed by atoms with E-state index in [0.717, 1.165) is 18.3 Å². The van der Waals surface area contributed by atoms with Crippen molar-refractivity contribution in [2.24, 2.45) is 0 Å². The molecule has 0 aliphatic carbocycles. The standard InChI is InChI=1S/C11H9FN4O3/c12-8-2-1-6(3-9(8)13)15-11(17)10-4-7(5-14-10)16(18)19/h1-5,14H,13H2,(H,15,17). The van der Waals surface area contributed by atoms with Crippen molar-refractivity contribution in [2.45, 2.75) is 0 Å². The van der Waals surface area contributed by atoms with E-state index in [2.05, 4.69) is 10.3 Å². The Morgan fingerprint density at radius 2 is 2.16 bits per heavy atom. The van der Waals surface area contributed by atoms with Gasteiger partial charge < -0.3 is 16.0 Å². The van der Waals surface area contributed by atoms with Gasteiger partial charge in [0.15, 0.2) is 0 Å². The highest BCUT2D eigenvalue weighted by Crippen LogP contribution is 2.18. The number of hydrogen-bond acceptors (Lipinski definition) is 4. The molecule has 19 heavy (non-hydrogen) atoms. The quantitative estimate of drug-likeness (QED) is 0.446. The third-order valence-electron chi connectivity index (χ3n) is 2.38. The van der Waals surface area contributed by atoms with Crippen molar-refractivity contribution in [1.29, 1.82) is 0 Å². The molecule has 1 aromatic carbocycles. The summed E-state index contributed by atoms with van der Waals surface area (Å²) in [5.74, 6) is -1.17. The van der Waals surface area contributed by atoms with E-state index in [0.29, 0.717) is 5.69 Å². The largest absolute Gasteiger partial charge is 0.396 e. The van der Waals surface area contributed by atoms with Crippen LogP contribution in [0.3, 0.4) is 0 Å². The number of nitrogens with zero attached hydrogens (tertiary/aromatic N) is 1. The Bertz CT molecular complexity index is 653. The van der Waals surface area contributed by atoms with Gasteiger partial charge in [0, 0.05) is 11.8 Å². The van der Waals surface area contributed by atoms with Crippen LogP contribution in [0, 0.1) is 15.9 Å². The summed E-state index contributed by atoms with van der Waals surface area (Å²) in [6.07, 6.45) is 1.11. The number of benzene rings is 1. The molecule has 0 fully saturated rings. The third kappa shape index (κ3) is 2.68. The summed E-state index contributed by atoms with van der Waals surface area (Å²) >= 11 is 0. The van der Waals surface area contributed by atoms with Gasteiger partial charge >= 0.3 is 0 Å². The first-order chi connectivity index (χ1) is 8.97. The van der Waals surface area contributed by atoms with E-state index in [1.54, 1.807) is 0 Å². The summed E-state index contributed by atoms with van der Waals surface area (Å²) in [6, 6.07) is 4.80. The Hall–Kier alpha value is -2.90. The second kappa shape index (κ2) is 4.77. The van der Waals surface area contributed by atoms with E-state index in [9.17, 15) is 19.3 Å². The number of nitrogen functional groups attached to an aromatic ring is 1. The first-order valence-corrected chi connectivity index (χ1v) is 5.16. The van der Waals surface area contributed by atoms with Crippen LogP contribution in [0.2, 0.25) is 0 Å². The van der Waals surface area contributed by atoms with E-state index in [1.165, 1.54) is 12.1 Å². The van der Waals surface area contributed by atoms with Crippen molar-refractivity contribution in [2.75, 3.05) is 11.1 Å². The molecule has 4 N–H and O–H groups in total. The Morgan fingerprint density at radius 3 is 2.74 bits per heavy atom. The number of nitro groups is 1. The second-order valence-electron chi connectivity index (χ2n) is 3.72. The molecule has 1 aromatic heterocycles. The fraction of sp³-hybridized carbons (Fsp3) is 0. The van der Waals surface area contributed by atoms with Gasteiger partial charge in [0.25, 0.3) is 11.6 Å². The summed E-state index contributed by atoms with van der Waals surface area (Å²) in [5.41, 5.74) is 5.35. The summed E-state index contributed by atoms with van der Waals surface area (Å²) in [6.45, 7) is 0. The lowest BCUT2D eigenvalue weighted by Gasteiger charge is -2.04. The normalized spacial score (nSPS) is 10.2. The number of H-pyrrole nitrogens is 1. The maximum absolute atomic E-state index is 12.9. The Balaban J connectivity index is 2.15. The average molecular weight is 264 g/mol. The Morgan fingerprint density at radius 1 is 1.42 bits per heavy atom. The lowest BCUT2D eigenvalue weighted by atomic mass is 10.2. The average Bonchev–Trinajstić information content (AvgIpc) is 2.83. The van der Waals surface area contributed by atoms with Crippen LogP contribution < -0.4 is 11.1 Å². The fourth-order valence-electron chi connectivity index (χ4n) is 1.44. The highest BCUT2D eigenvalue weighted by atomic mass is 19.1. The van der Waals surface area contributed by atoms with Gasteiger partial charge in [0.05, 0.1) is 16.8 Å². The SMILES string of the molecule is Nc1cc(NC(=O)c2cc([N+](=O)[O-])c[nH]2)ccc1F. The van der Waals surface area contributed by atoms with Gasteiger partial charge in [0.2, 0.25) is 0 Å². The van der Waals surface area contributed by atoms with Gasteiger partial charge in [-0.25, -0.2) is 4.39 Å². The number of nitrogens with one attached hydrogen (secondary N) is 2. The predicted molar refractivity (Wildman–Crippen MR) is 66.2 cm³/mol. The second-order valence-corrected chi connectivity index (χ2v) is 3.72. The smallest absolute Gasteiger partial charge is 0.287 e. The number of aromatic amines is 1. The van der Waals surface area contributed by atoms with Crippen LogP contribution in [0.15, 0.2) is 30.5 Å². The van der Waals surface area contributed by atoms with E-state index >= 15 is 0 Å². The number of nitrogens with two attached hydrogens (primary N) is 1. The Kier molecular flexibility index (Phi) is 3.15. The molecule has 7 nitrogen and oxygen atoms in total. The Labute approximate surface area is 106 Å². The van der Waals surface area contributed by atoms with E-state index < -0.39 is 16.6 Å². The van der Waals surface area contributed by atoms with E-state index in [-0.39, 0.29) is 17.1 Å². The number of hydrogen-bond donors (Lipinski definition) is 3. The molecule has 0 saturated carbocycles. The molecule has 1 amide bonds. The molecule has 2 aromatic rings. The van der Waals surface area contributed by atoms with E-state index in [1.807, 2.05) is 0 Å². The van der Waals surface area contributed by atoms with Gasteiger partial charge in [0.1, 0.15) is 11.5 Å². The van der Waals surface area contributed by atoms with Crippen molar-refractivity contribution in [3.8, 4) is 0 Å². The lowest BCUT2D eigenvalue weighted by molar-refractivity contribution is -0.384. The fourth-order valence-corrected chi connectivity index (χ4v) is 1.44. The van der Waals surface area contributed by atoms with Crippen LogP contribution in [0.1, 0.15) is 10.5 Å². The van der Waals surface area contributed by atoms with Crippen molar-refractivity contribution < 1.29 is 14.1 Å². The molecule has 0 unspecified atom stereocenters. The number of carbonyl (C=O) groups is 1. The molecule has 0 spiro atoms. The van der Waals surface area contributed by atoms with Gasteiger partial charge in [-0.05, 0) is 18.2 Å². The zero-order valence-corrected chi connectivity index (χ0v) is 9.51. The van der Waals surface area contributed by atoms with Crippen LogP contribution in [0.25, 0.3) is 0 Å². The minimum absolute atomic E-state index is 0.0228. The predicted octanol–water partition coefficient (Wildman–Crippen LogP) is 1.90. The lowest BCUT2D eigenvalue weighted by Crippen LogP contribution is -2.12. The zero-order chi connectivity index (χ0) is 14.0. The van der Waals surface area contributed by atoms with Crippen LogP contribution in [0.4, 0.5) is 21.5 Å². The topological polar surface area (TPSA) is 114 Å². The van der Waals surface area contributed by atoms with Gasteiger partial charge in [-0.1, -0.05) is 0 Å². The minimum atomic E-state index is -0.622. The summed E-state index contributed by atoms with van der Waals surface area (Å²) < 4.78 is 12.9. The molecule has 1 heterocycles. The van der Waals surface area contributed by atoms with Crippen molar-refractivity contribution in [1.82, 2.24) is 4.98 Å². The summed E-state index contributed by atoms with van der Waals surface area (Å²) in [4.78, 5) is 24.1. The molecule has 0 bridgehead atoms. The first-order valence-electron chi connectivity index (χ1n) is 5.16. The molecule has 2 rings (SSSR count). The summed E-state index contributed by atoms with van der Waals surface area (Å²) in [7, 11) is 0. The minimum Gasteiger partial charge on any atom is -0.396 e. The van der Waals surface area contributed by atoms with Crippen LogP contribution >= 0.6 is 0 Å². The zero-order valence-electron chi connectivity index (χ0n) is 9.51. The molecule has 8 heteroatoms. The highest BCUT2D eigenvalue weighted by Gasteiger charge is 2.14.